The Morgan fingerprint density at radius 2 is 2.11 bits per heavy atom. The maximum Gasteiger partial charge on any atom is 0.345 e. The molecule has 0 saturated carbocycles. The van der Waals surface area contributed by atoms with Crippen LogP contribution in [0.15, 0.2) is 35.1 Å². The van der Waals surface area contributed by atoms with Crippen molar-refractivity contribution in [3.05, 3.63) is 58.2 Å². The fourth-order valence-corrected chi connectivity index (χ4v) is 4.03. The SMILES string of the molecule is Cn1nc2n(c1=O)CC1(CCN(C(=O)c3ccc4cccc(F)c4n3)C1)OC2. The Morgan fingerprint density at radius 3 is 2.96 bits per heavy atom. The number of hydrogen-bond donors (Lipinski definition) is 0. The number of hydrogen-bond acceptors (Lipinski definition) is 5. The van der Waals surface area contributed by atoms with Crippen LogP contribution >= 0.6 is 0 Å². The van der Waals surface area contributed by atoms with E-state index in [-0.39, 0.29) is 29.4 Å². The zero-order valence-corrected chi connectivity index (χ0v) is 15.3. The summed E-state index contributed by atoms with van der Waals surface area (Å²) in [6.45, 7) is 1.43. The summed E-state index contributed by atoms with van der Waals surface area (Å²) in [6.07, 6.45) is 0.613. The number of carbonyl (C=O) groups is 1. The van der Waals surface area contributed by atoms with Crippen molar-refractivity contribution < 1.29 is 13.9 Å². The summed E-state index contributed by atoms with van der Waals surface area (Å²) < 4.78 is 22.9. The first-order chi connectivity index (χ1) is 13.5. The van der Waals surface area contributed by atoms with E-state index in [2.05, 4.69) is 10.1 Å². The molecule has 2 aliphatic rings. The molecule has 0 aliphatic carbocycles. The van der Waals surface area contributed by atoms with E-state index in [9.17, 15) is 14.0 Å². The molecule has 4 heterocycles. The van der Waals surface area contributed by atoms with Gasteiger partial charge < -0.3 is 9.64 Å². The lowest BCUT2D eigenvalue weighted by molar-refractivity contribution is -0.0816. The van der Waals surface area contributed by atoms with Crippen molar-refractivity contribution in [3.8, 4) is 0 Å². The molecule has 9 heteroatoms. The molecule has 5 rings (SSSR count). The molecule has 1 saturated heterocycles. The first kappa shape index (κ1) is 17.1. The number of halogens is 1. The van der Waals surface area contributed by atoms with Crippen LogP contribution in [-0.4, -0.2) is 48.8 Å². The highest BCUT2D eigenvalue weighted by Crippen LogP contribution is 2.32. The molecule has 3 aromatic rings. The summed E-state index contributed by atoms with van der Waals surface area (Å²) >= 11 is 0. The van der Waals surface area contributed by atoms with Crippen molar-refractivity contribution in [2.75, 3.05) is 13.1 Å². The molecule has 8 nitrogen and oxygen atoms in total. The van der Waals surface area contributed by atoms with Gasteiger partial charge in [0.15, 0.2) is 5.82 Å². The predicted molar refractivity (Wildman–Crippen MR) is 97.2 cm³/mol. The Kier molecular flexibility index (Phi) is 3.63. The van der Waals surface area contributed by atoms with Gasteiger partial charge in [0, 0.05) is 19.0 Å². The molecule has 0 radical (unpaired) electrons. The summed E-state index contributed by atoms with van der Waals surface area (Å²) in [5.41, 5.74) is -0.418. The largest absolute Gasteiger partial charge is 0.363 e. The number of aryl methyl sites for hydroxylation is 1. The number of carbonyl (C=O) groups excluding carboxylic acids is 1. The van der Waals surface area contributed by atoms with Crippen LogP contribution < -0.4 is 5.69 Å². The Bertz CT molecular complexity index is 1170. The number of amides is 1. The highest BCUT2D eigenvalue weighted by atomic mass is 19.1. The normalized spacial score (nSPS) is 21.4. The first-order valence-electron chi connectivity index (χ1n) is 9.07. The fraction of sp³-hybridized carbons (Fsp3) is 0.368. The van der Waals surface area contributed by atoms with Crippen LogP contribution in [0.5, 0.6) is 0 Å². The second-order valence-corrected chi connectivity index (χ2v) is 7.36. The van der Waals surface area contributed by atoms with Crippen molar-refractivity contribution >= 4 is 16.8 Å². The number of likely N-dealkylation sites (tertiary alicyclic amines) is 1. The second kappa shape index (κ2) is 5.96. The highest BCUT2D eigenvalue weighted by Gasteiger charge is 2.45. The van der Waals surface area contributed by atoms with Gasteiger partial charge in [0.05, 0.1) is 13.1 Å². The average Bonchev–Trinajstić information content (AvgIpc) is 3.23. The molecule has 1 aromatic carbocycles. The van der Waals surface area contributed by atoms with Crippen LogP contribution in [0.25, 0.3) is 10.9 Å². The summed E-state index contributed by atoms with van der Waals surface area (Å²) in [5, 5.41) is 4.81. The van der Waals surface area contributed by atoms with E-state index in [0.29, 0.717) is 37.3 Å². The number of benzene rings is 1. The number of nitrogens with zero attached hydrogens (tertiary/aromatic N) is 5. The molecule has 2 aliphatic heterocycles. The summed E-state index contributed by atoms with van der Waals surface area (Å²) in [5.74, 6) is -0.131. The number of para-hydroxylation sites is 1. The number of fused-ring (bicyclic) bond motifs is 2. The van der Waals surface area contributed by atoms with Crippen molar-refractivity contribution in [1.29, 1.82) is 0 Å². The smallest absolute Gasteiger partial charge is 0.345 e. The zero-order chi connectivity index (χ0) is 19.5. The Hall–Kier alpha value is -3.07. The van der Waals surface area contributed by atoms with Gasteiger partial charge in [-0.15, -0.1) is 0 Å². The minimum absolute atomic E-state index is 0.183. The molecule has 0 N–H and O–H groups in total. The lowest BCUT2D eigenvalue weighted by Crippen LogP contribution is -2.47. The average molecular weight is 383 g/mol. The second-order valence-electron chi connectivity index (χ2n) is 7.36. The van der Waals surface area contributed by atoms with Crippen LogP contribution in [0.2, 0.25) is 0 Å². The zero-order valence-electron chi connectivity index (χ0n) is 15.3. The van der Waals surface area contributed by atoms with Crippen LogP contribution in [0, 0.1) is 5.82 Å². The third-order valence-electron chi connectivity index (χ3n) is 5.53. The minimum atomic E-state index is -0.613. The van der Waals surface area contributed by atoms with Crippen LogP contribution in [0.3, 0.4) is 0 Å². The topological polar surface area (TPSA) is 82.3 Å². The van der Waals surface area contributed by atoms with Gasteiger partial charge in [0.1, 0.15) is 29.2 Å². The van der Waals surface area contributed by atoms with Gasteiger partial charge in [-0.2, -0.15) is 5.10 Å². The molecule has 1 amide bonds. The van der Waals surface area contributed by atoms with Gasteiger partial charge in [-0.25, -0.2) is 18.9 Å². The van der Waals surface area contributed by atoms with E-state index in [1.807, 2.05) is 0 Å². The van der Waals surface area contributed by atoms with E-state index in [1.54, 1.807) is 40.8 Å². The molecule has 1 unspecified atom stereocenters. The quantitative estimate of drug-likeness (QED) is 0.628. The Morgan fingerprint density at radius 1 is 1.25 bits per heavy atom. The van der Waals surface area contributed by atoms with E-state index in [0.717, 1.165) is 0 Å². The molecule has 1 atom stereocenters. The number of aromatic nitrogens is 4. The third-order valence-corrected chi connectivity index (χ3v) is 5.53. The van der Waals surface area contributed by atoms with Gasteiger partial charge in [-0.3, -0.25) is 9.36 Å². The van der Waals surface area contributed by atoms with Crippen molar-refractivity contribution in [2.24, 2.45) is 7.05 Å². The third kappa shape index (κ3) is 2.54. The molecule has 1 spiro atoms. The van der Waals surface area contributed by atoms with E-state index in [4.69, 9.17) is 4.74 Å². The molecule has 144 valence electrons. The van der Waals surface area contributed by atoms with Gasteiger partial charge in [0.2, 0.25) is 0 Å². The van der Waals surface area contributed by atoms with Gasteiger partial charge in [-0.1, -0.05) is 18.2 Å². The van der Waals surface area contributed by atoms with Crippen LogP contribution in [0.4, 0.5) is 4.39 Å². The van der Waals surface area contributed by atoms with Crippen molar-refractivity contribution in [2.45, 2.75) is 25.2 Å². The highest BCUT2D eigenvalue weighted by molar-refractivity contribution is 5.95. The standard InChI is InChI=1S/C19H18FN5O3/c1-23-18(27)25-11-19(28-9-15(25)22-23)7-8-24(10-19)17(26)14-6-5-12-3-2-4-13(20)16(12)21-14/h2-6H,7-11H2,1H3. The Balaban J connectivity index is 1.40. The fourth-order valence-electron chi connectivity index (χ4n) is 4.03. The maximum absolute atomic E-state index is 14.0. The lowest BCUT2D eigenvalue weighted by Gasteiger charge is -2.33. The van der Waals surface area contributed by atoms with Gasteiger partial charge in [-0.05, 0) is 18.6 Å². The molecule has 2 aromatic heterocycles. The van der Waals surface area contributed by atoms with Gasteiger partial charge in [0.25, 0.3) is 5.91 Å². The Labute approximate surface area is 159 Å². The number of ether oxygens (including phenoxy) is 1. The lowest BCUT2D eigenvalue weighted by atomic mass is 10.0. The molecule has 1 fully saturated rings. The number of pyridine rings is 1. The van der Waals surface area contributed by atoms with Crippen molar-refractivity contribution in [1.82, 2.24) is 24.2 Å². The van der Waals surface area contributed by atoms with Crippen molar-refractivity contribution in [3.63, 3.8) is 0 Å². The first-order valence-corrected chi connectivity index (χ1v) is 9.07. The molecule has 28 heavy (non-hydrogen) atoms. The van der Waals surface area contributed by atoms with E-state index >= 15 is 0 Å². The van der Waals surface area contributed by atoms with Crippen LogP contribution in [0.1, 0.15) is 22.7 Å². The maximum atomic E-state index is 14.0. The molecular weight excluding hydrogens is 365 g/mol. The summed E-state index contributed by atoms with van der Waals surface area (Å²) in [4.78, 5) is 31.1. The van der Waals surface area contributed by atoms with E-state index < -0.39 is 11.4 Å². The molecular formula is C19H18FN5O3. The summed E-state index contributed by atoms with van der Waals surface area (Å²) in [6, 6.07) is 8.00. The monoisotopic (exact) mass is 383 g/mol. The number of rotatable bonds is 1. The van der Waals surface area contributed by atoms with Crippen LogP contribution in [-0.2, 0) is 24.9 Å². The molecule has 0 bridgehead atoms. The van der Waals surface area contributed by atoms with Gasteiger partial charge >= 0.3 is 5.69 Å². The van der Waals surface area contributed by atoms with E-state index in [1.165, 1.54) is 10.7 Å². The predicted octanol–water partition coefficient (Wildman–Crippen LogP) is 1.08. The minimum Gasteiger partial charge on any atom is -0.363 e. The summed E-state index contributed by atoms with van der Waals surface area (Å²) in [7, 11) is 1.61.